The van der Waals surface area contributed by atoms with Crippen LogP contribution in [0.25, 0.3) is 0 Å². The summed E-state index contributed by atoms with van der Waals surface area (Å²) in [6, 6.07) is -0.416. The molecule has 1 atom stereocenters. The van der Waals surface area contributed by atoms with E-state index < -0.39 is 12.0 Å². The third-order valence-electron chi connectivity index (χ3n) is 2.65. The summed E-state index contributed by atoms with van der Waals surface area (Å²) in [4.78, 5) is 23.6. The van der Waals surface area contributed by atoms with Crippen molar-refractivity contribution < 1.29 is 14.7 Å². The highest BCUT2D eigenvalue weighted by atomic mass is 16.4. The number of nitrogens with two attached hydrogens (primary N) is 1. The SMILES string of the molecule is CCC[C@H](N)C(=O)N1CC(CC(=O)O)C1. The van der Waals surface area contributed by atoms with E-state index in [4.69, 9.17) is 10.8 Å². The summed E-state index contributed by atoms with van der Waals surface area (Å²) < 4.78 is 0. The Morgan fingerprint density at radius 3 is 2.60 bits per heavy atom. The van der Waals surface area contributed by atoms with Gasteiger partial charge in [-0.15, -0.1) is 0 Å². The van der Waals surface area contributed by atoms with Crippen LogP contribution in [0, 0.1) is 5.92 Å². The van der Waals surface area contributed by atoms with Gasteiger partial charge in [-0.2, -0.15) is 0 Å². The Morgan fingerprint density at radius 2 is 2.13 bits per heavy atom. The van der Waals surface area contributed by atoms with Crippen LogP contribution in [0.3, 0.4) is 0 Å². The second-order valence-corrected chi connectivity index (χ2v) is 4.10. The summed E-state index contributed by atoms with van der Waals surface area (Å²) in [5.41, 5.74) is 5.68. The molecule has 1 rings (SSSR count). The van der Waals surface area contributed by atoms with Crippen LogP contribution in [-0.2, 0) is 9.59 Å². The van der Waals surface area contributed by atoms with Crippen molar-refractivity contribution in [1.82, 2.24) is 4.90 Å². The predicted octanol–water partition coefficient (Wildman–Crippen LogP) is 0.0469. The Morgan fingerprint density at radius 1 is 1.53 bits per heavy atom. The molecule has 1 heterocycles. The Labute approximate surface area is 89.2 Å². The molecule has 0 aliphatic carbocycles. The average molecular weight is 214 g/mol. The lowest BCUT2D eigenvalue weighted by molar-refractivity contribution is -0.145. The van der Waals surface area contributed by atoms with Gasteiger partial charge < -0.3 is 15.7 Å². The average Bonchev–Trinajstić information content (AvgIpc) is 2.09. The van der Waals surface area contributed by atoms with E-state index in [9.17, 15) is 9.59 Å². The molecule has 1 fully saturated rings. The largest absolute Gasteiger partial charge is 0.481 e. The first-order valence-electron chi connectivity index (χ1n) is 5.30. The number of carbonyl (C=O) groups is 2. The second kappa shape index (κ2) is 5.11. The van der Waals surface area contributed by atoms with Gasteiger partial charge in [0.2, 0.25) is 5.91 Å². The molecule has 3 N–H and O–H groups in total. The fourth-order valence-corrected chi connectivity index (χ4v) is 1.79. The third kappa shape index (κ3) is 3.20. The Bertz CT molecular complexity index is 249. The minimum absolute atomic E-state index is 0.0431. The van der Waals surface area contributed by atoms with E-state index >= 15 is 0 Å². The van der Waals surface area contributed by atoms with Crippen molar-refractivity contribution in [3.63, 3.8) is 0 Å². The van der Waals surface area contributed by atoms with Crippen LogP contribution in [0.5, 0.6) is 0 Å². The van der Waals surface area contributed by atoms with Crippen molar-refractivity contribution in [2.75, 3.05) is 13.1 Å². The summed E-state index contributed by atoms with van der Waals surface area (Å²) >= 11 is 0. The number of hydrogen-bond acceptors (Lipinski definition) is 3. The fourth-order valence-electron chi connectivity index (χ4n) is 1.79. The molecule has 1 saturated heterocycles. The maximum Gasteiger partial charge on any atom is 0.303 e. The van der Waals surface area contributed by atoms with Gasteiger partial charge in [-0.1, -0.05) is 13.3 Å². The standard InChI is InChI=1S/C10H18N2O3/c1-2-3-8(11)10(15)12-5-7(6-12)4-9(13)14/h7-8H,2-6,11H2,1H3,(H,13,14)/t8-/m0/s1. The summed E-state index contributed by atoms with van der Waals surface area (Å²) in [5, 5.41) is 8.54. The molecule has 1 amide bonds. The number of nitrogens with zero attached hydrogens (tertiary/aromatic N) is 1. The monoisotopic (exact) mass is 214 g/mol. The lowest BCUT2D eigenvalue weighted by Crippen LogP contribution is -2.55. The number of carboxylic acid groups (broad SMARTS) is 1. The van der Waals surface area contributed by atoms with Crippen LogP contribution in [0.2, 0.25) is 0 Å². The second-order valence-electron chi connectivity index (χ2n) is 4.10. The molecule has 86 valence electrons. The van der Waals surface area contributed by atoms with Crippen LogP contribution in [0.4, 0.5) is 0 Å². The lowest BCUT2D eigenvalue weighted by Gasteiger charge is -2.39. The van der Waals surface area contributed by atoms with Crippen molar-refractivity contribution in [2.45, 2.75) is 32.2 Å². The predicted molar refractivity (Wildman–Crippen MR) is 55.2 cm³/mol. The molecule has 15 heavy (non-hydrogen) atoms. The summed E-state index contributed by atoms with van der Waals surface area (Å²) in [7, 11) is 0. The number of amides is 1. The van der Waals surface area contributed by atoms with Crippen LogP contribution in [0.15, 0.2) is 0 Å². The molecule has 5 heteroatoms. The van der Waals surface area contributed by atoms with Gasteiger partial charge >= 0.3 is 5.97 Å². The van der Waals surface area contributed by atoms with Gasteiger partial charge in [0, 0.05) is 19.0 Å². The van der Waals surface area contributed by atoms with E-state index in [0.717, 1.165) is 6.42 Å². The molecular weight excluding hydrogens is 196 g/mol. The summed E-state index contributed by atoms with van der Waals surface area (Å²) in [6.45, 7) is 3.07. The first-order valence-corrected chi connectivity index (χ1v) is 5.30. The van der Waals surface area contributed by atoms with Crippen molar-refractivity contribution in [3.8, 4) is 0 Å². The van der Waals surface area contributed by atoms with E-state index in [1.165, 1.54) is 0 Å². The highest BCUT2D eigenvalue weighted by molar-refractivity contribution is 5.82. The van der Waals surface area contributed by atoms with Gasteiger partial charge in [0.1, 0.15) is 0 Å². The molecule has 0 radical (unpaired) electrons. The normalized spacial score (nSPS) is 18.4. The van der Waals surface area contributed by atoms with Crippen molar-refractivity contribution in [2.24, 2.45) is 11.7 Å². The van der Waals surface area contributed by atoms with Gasteiger partial charge in [0.25, 0.3) is 0 Å². The van der Waals surface area contributed by atoms with Crippen molar-refractivity contribution >= 4 is 11.9 Å². The fraction of sp³-hybridized carbons (Fsp3) is 0.800. The topological polar surface area (TPSA) is 83.6 Å². The maximum atomic E-state index is 11.6. The van der Waals surface area contributed by atoms with Gasteiger partial charge in [-0.25, -0.2) is 0 Å². The van der Waals surface area contributed by atoms with Crippen molar-refractivity contribution in [1.29, 1.82) is 0 Å². The van der Waals surface area contributed by atoms with Crippen LogP contribution >= 0.6 is 0 Å². The zero-order valence-corrected chi connectivity index (χ0v) is 8.98. The van der Waals surface area contributed by atoms with Crippen LogP contribution in [-0.4, -0.2) is 41.0 Å². The minimum Gasteiger partial charge on any atom is -0.481 e. The molecule has 5 nitrogen and oxygen atoms in total. The van der Waals surface area contributed by atoms with E-state index in [1.54, 1.807) is 4.90 Å². The van der Waals surface area contributed by atoms with E-state index in [0.29, 0.717) is 19.5 Å². The summed E-state index contributed by atoms with van der Waals surface area (Å²) in [5.74, 6) is -0.733. The molecule has 0 unspecified atom stereocenters. The maximum absolute atomic E-state index is 11.6. The molecule has 0 bridgehead atoms. The number of aliphatic carboxylic acids is 1. The highest BCUT2D eigenvalue weighted by Crippen LogP contribution is 2.20. The molecular formula is C10H18N2O3. The zero-order valence-electron chi connectivity index (χ0n) is 8.98. The molecule has 0 spiro atoms. The van der Waals surface area contributed by atoms with Crippen LogP contribution in [0.1, 0.15) is 26.2 Å². The first kappa shape index (κ1) is 12.0. The van der Waals surface area contributed by atoms with Crippen molar-refractivity contribution in [3.05, 3.63) is 0 Å². The molecule has 1 aliphatic heterocycles. The van der Waals surface area contributed by atoms with Gasteiger partial charge in [-0.05, 0) is 6.42 Å². The first-order chi connectivity index (χ1) is 7.04. The van der Waals surface area contributed by atoms with E-state index in [2.05, 4.69) is 0 Å². The molecule has 0 aromatic heterocycles. The van der Waals surface area contributed by atoms with E-state index in [1.807, 2.05) is 6.92 Å². The zero-order chi connectivity index (χ0) is 11.4. The van der Waals surface area contributed by atoms with Gasteiger partial charge in [0.05, 0.1) is 12.5 Å². The molecule has 1 aliphatic rings. The van der Waals surface area contributed by atoms with Gasteiger partial charge in [0.15, 0.2) is 0 Å². The minimum atomic E-state index is -0.801. The Kier molecular flexibility index (Phi) is 4.08. The van der Waals surface area contributed by atoms with E-state index in [-0.39, 0.29) is 18.2 Å². The Hall–Kier alpha value is -1.10. The molecule has 0 saturated carbocycles. The number of rotatable bonds is 5. The number of likely N-dealkylation sites (tertiary alicyclic amines) is 1. The molecule has 0 aromatic rings. The third-order valence-corrected chi connectivity index (χ3v) is 2.65. The van der Waals surface area contributed by atoms with Crippen LogP contribution < -0.4 is 5.73 Å². The molecule has 0 aromatic carbocycles. The quantitative estimate of drug-likeness (QED) is 0.677. The number of carbonyl (C=O) groups excluding carboxylic acids is 1. The highest BCUT2D eigenvalue weighted by Gasteiger charge is 2.33. The summed E-state index contributed by atoms with van der Waals surface area (Å²) in [6.07, 6.45) is 1.73. The lowest BCUT2D eigenvalue weighted by atomic mass is 9.95. The smallest absolute Gasteiger partial charge is 0.303 e. The number of hydrogen-bond donors (Lipinski definition) is 2. The number of carboxylic acids is 1. The Balaban J connectivity index is 2.26. The van der Waals surface area contributed by atoms with Gasteiger partial charge in [-0.3, -0.25) is 9.59 Å².